The molecule has 1 aliphatic carbocycles. The summed E-state index contributed by atoms with van der Waals surface area (Å²) in [5.74, 6) is -0.944. The van der Waals surface area contributed by atoms with E-state index in [4.69, 9.17) is 11.6 Å². The maximum Gasteiger partial charge on any atom is 0.408 e. The van der Waals surface area contributed by atoms with Crippen LogP contribution >= 0.6 is 11.6 Å². The van der Waals surface area contributed by atoms with Crippen LogP contribution in [0.25, 0.3) is 16.6 Å². The Morgan fingerprint density at radius 1 is 1.14 bits per heavy atom. The van der Waals surface area contributed by atoms with Crippen molar-refractivity contribution in [3.8, 4) is 0 Å². The zero-order valence-corrected chi connectivity index (χ0v) is 14.8. The van der Waals surface area contributed by atoms with Crippen molar-refractivity contribution < 1.29 is 17.6 Å². The van der Waals surface area contributed by atoms with Gasteiger partial charge in [0.2, 0.25) is 0 Å². The van der Waals surface area contributed by atoms with Crippen molar-refractivity contribution in [1.82, 2.24) is 29.6 Å². The van der Waals surface area contributed by atoms with Crippen LogP contribution in [0.2, 0.25) is 5.15 Å². The van der Waals surface area contributed by atoms with Crippen molar-refractivity contribution in [3.05, 3.63) is 52.8 Å². The highest BCUT2D eigenvalue weighted by molar-refractivity contribution is 6.29. The van der Waals surface area contributed by atoms with Crippen LogP contribution in [0.4, 0.5) is 17.6 Å². The lowest BCUT2D eigenvalue weighted by molar-refractivity contribution is -0.141. The molecule has 0 radical (unpaired) electrons. The fourth-order valence-electron chi connectivity index (χ4n) is 3.69. The molecule has 6 nitrogen and oxygen atoms in total. The molecule has 144 valence electrons. The summed E-state index contributed by atoms with van der Waals surface area (Å²) in [6.07, 6.45) is -1.28. The Morgan fingerprint density at radius 3 is 2.71 bits per heavy atom. The smallest absolute Gasteiger partial charge is 0.253 e. The molecule has 5 rings (SSSR count). The average Bonchev–Trinajstić information content (AvgIpc) is 3.05. The van der Waals surface area contributed by atoms with E-state index in [0.717, 1.165) is 5.56 Å². The fourth-order valence-corrected chi connectivity index (χ4v) is 3.88. The van der Waals surface area contributed by atoms with Gasteiger partial charge in [0.1, 0.15) is 18.4 Å². The monoisotopic (exact) mass is 410 g/mol. The van der Waals surface area contributed by atoms with Crippen LogP contribution in [-0.2, 0) is 6.54 Å². The van der Waals surface area contributed by atoms with E-state index in [0.29, 0.717) is 27.7 Å². The number of hydrogen-bond acceptors (Lipinski definition) is 4. The number of hydrogen-bond donors (Lipinski definition) is 0. The van der Waals surface area contributed by atoms with Crippen LogP contribution in [0, 0.1) is 5.82 Å². The second-order valence-corrected chi connectivity index (χ2v) is 7.16. The Labute approximate surface area is 159 Å². The third-order valence-corrected chi connectivity index (χ3v) is 5.13. The SMILES string of the molecule is Fc1c([C@H]2C[C@@H]2c2cc(Cl)nn3ncnc23)ccc2cnn(CC(F)(F)F)c12. The molecule has 0 saturated heterocycles. The number of halogens is 5. The van der Waals surface area contributed by atoms with E-state index >= 15 is 4.39 Å². The zero-order chi connectivity index (χ0) is 19.6. The largest absolute Gasteiger partial charge is 0.408 e. The number of alkyl halides is 3. The molecular formula is C17H11ClF4N6. The summed E-state index contributed by atoms with van der Waals surface area (Å²) in [7, 11) is 0. The van der Waals surface area contributed by atoms with E-state index in [9.17, 15) is 13.2 Å². The lowest BCUT2D eigenvalue weighted by Gasteiger charge is -2.10. The molecule has 11 heteroatoms. The van der Waals surface area contributed by atoms with Gasteiger partial charge in [-0.25, -0.2) is 9.37 Å². The topological polar surface area (TPSA) is 60.9 Å². The molecule has 4 aromatic rings. The van der Waals surface area contributed by atoms with Crippen LogP contribution in [0.5, 0.6) is 0 Å². The summed E-state index contributed by atoms with van der Waals surface area (Å²) >= 11 is 6.03. The third-order valence-electron chi connectivity index (χ3n) is 4.94. The van der Waals surface area contributed by atoms with Crippen molar-refractivity contribution >= 4 is 28.2 Å². The molecule has 1 aromatic carbocycles. The predicted octanol–water partition coefficient (Wildman–Crippen LogP) is 4.10. The maximum atomic E-state index is 15.2. The highest BCUT2D eigenvalue weighted by atomic mass is 35.5. The number of benzene rings is 1. The molecule has 2 atom stereocenters. The van der Waals surface area contributed by atoms with E-state index in [1.165, 1.54) is 17.2 Å². The number of fused-ring (bicyclic) bond motifs is 2. The number of aromatic nitrogens is 6. The van der Waals surface area contributed by atoms with Gasteiger partial charge in [-0.3, -0.25) is 4.68 Å². The van der Waals surface area contributed by atoms with Crippen molar-refractivity contribution in [2.24, 2.45) is 0 Å². The first-order chi connectivity index (χ1) is 13.3. The molecular weight excluding hydrogens is 400 g/mol. The second kappa shape index (κ2) is 5.87. The van der Waals surface area contributed by atoms with Crippen LogP contribution in [0.1, 0.15) is 29.4 Å². The van der Waals surface area contributed by atoms with Crippen LogP contribution in [0.3, 0.4) is 0 Å². The highest BCUT2D eigenvalue weighted by Gasteiger charge is 2.43. The standard InChI is InChI=1S/C17H11ClF4N6/c18-13-4-12(16-23-7-25-28(16)26-13)11-3-10(11)9-2-1-8-5-24-27(6-17(20,21)22)15(8)14(9)19/h1-2,4-5,7,10-11H,3,6H2/t10-,11+/m1/s1. The summed E-state index contributed by atoms with van der Waals surface area (Å²) in [5, 5.41) is 12.2. The zero-order valence-electron chi connectivity index (χ0n) is 14.0. The summed E-state index contributed by atoms with van der Waals surface area (Å²) < 4.78 is 55.4. The molecule has 1 saturated carbocycles. The van der Waals surface area contributed by atoms with Gasteiger partial charge in [-0.1, -0.05) is 23.7 Å². The van der Waals surface area contributed by atoms with Gasteiger partial charge in [0.25, 0.3) is 0 Å². The predicted molar refractivity (Wildman–Crippen MR) is 91.6 cm³/mol. The Kier molecular flexibility index (Phi) is 3.64. The molecule has 0 unspecified atom stereocenters. The van der Waals surface area contributed by atoms with Crippen molar-refractivity contribution in [1.29, 1.82) is 0 Å². The molecule has 3 heterocycles. The van der Waals surface area contributed by atoms with Gasteiger partial charge in [-0.15, -0.1) is 14.8 Å². The quantitative estimate of drug-likeness (QED) is 0.477. The Morgan fingerprint density at radius 2 is 1.93 bits per heavy atom. The first-order valence-corrected chi connectivity index (χ1v) is 8.77. The number of nitrogens with zero attached hydrogens (tertiary/aromatic N) is 6. The van der Waals surface area contributed by atoms with Crippen LogP contribution < -0.4 is 0 Å². The first kappa shape index (κ1) is 17.4. The Hall–Kier alpha value is -2.75. The van der Waals surface area contributed by atoms with Crippen molar-refractivity contribution in [2.45, 2.75) is 31.0 Å². The summed E-state index contributed by atoms with van der Waals surface area (Å²) in [5.41, 5.74) is 1.53. The summed E-state index contributed by atoms with van der Waals surface area (Å²) in [6, 6.07) is 4.86. The second-order valence-electron chi connectivity index (χ2n) is 6.77. The average molecular weight is 411 g/mol. The van der Waals surface area contributed by atoms with Gasteiger partial charge >= 0.3 is 6.18 Å². The van der Waals surface area contributed by atoms with Gasteiger partial charge in [-0.2, -0.15) is 18.3 Å². The van der Waals surface area contributed by atoms with Crippen LogP contribution in [-0.4, -0.2) is 35.8 Å². The van der Waals surface area contributed by atoms with Gasteiger partial charge in [0.05, 0.1) is 6.20 Å². The molecule has 0 amide bonds. The Bertz CT molecular complexity index is 1210. The lowest BCUT2D eigenvalue weighted by atomic mass is 10.0. The van der Waals surface area contributed by atoms with E-state index < -0.39 is 18.5 Å². The lowest BCUT2D eigenvalue weighted by Crippen LogP contribution is -2.19. The molecule has 0 spiro atoms. The van der Waals surface area contributed by atoms with E-state index in [1.807, 2.05) is 0 Å². The van der Waals surface area contributed by atoms with Crippen molar-refractivity contribution in [2.75, 3.05) is 0 Å². The van der Waals surface area contributed by atoms with E-state index in [-0.39, 0.29) is 22.5 Å². The van der Waals surface area contributed by atoms with Crippen LogP contribution in [0.15, 0.2) is 30.7 Å². The van der Waals surface area contributed by atoms with E-state index in [1.54, 1.807) is 18.2 Å². The highest BCUT2D eigenvalue weighted by Crippen LogP contribution is 2.56. The molecule has 1 aliphatic rings. The van der Waals surface area contributed by atoms with Crippen molar-refractivity contribution in [3.63, 3.8) is 0 Å². The minimum Gasteiger partial charge on any atom is -0.253 e. The minimum absolute atomic E-state index is 0.0712. The molecule has 28 heavy (non-hydrogen) atoms. The Balaban J connectivity index is 1.55. The first-order valence-electron chi connectivity index (χ1n) is 8.39. The van der Waals surface area contributed by atoms with Gasteiger partial charge in [0, 0.05) is 10.9 Å². The van der Waals surface area contributed by atoms with Gasteiger partial charge < -0.3 is 0 Å². The fraction of sp³-hybridized carbons (Fsp3) is 0.294. The van der Waals surface area contributed by atoms with Gasteiger partial charge in [0.15, 0.2) is 16.6 Å². The molecule has 0 bridgehead atoms. The molecule has 1 fully saturated rings. The summed E-state index contributed by atoms with van der Waals surface area (Å²) in [4.78, 5) is 4.17. The molecule has 0 aliphatic heterocycles. The minimum atomic E-state index is -4.49. The van der Waals surface area contributed by atoms with E-state index in [2.05, 4.69) is 20.3 Å². The third kappa shape index (κ3) is 2.79. The van der Waals surface area contributed by atoms with Gasteiger partial charge in [-0.05, 0) is 29.9 Å². The normalized spacial score (nSPS) is 19.6. The summed E-state index contributed by atoms with van der Waals surface area (Å²) in [6.45, 7) is -1.34. The molecule has 3 aromatic heterocycles. The number of rotatable bonds is 3. The maximum absolute atomic E-state index is 15.2. The molecule has 0 N–H and O–H groups in total.